The monoisotopic (exact) mass is 252 g/mol. The summed E-state index contributed by atoms with van der Waals surface area (Å²) < 4.78 is 11.9. The first-order valence-corrected chi connectivity index (χ1v) is 6.46. The number of anilines is 1. The third-order valence-electron chi connectivity index (χ3n) is 2.32. The Morgan fingerprint density at radius 2 is 2.06 bits per heavy atom. The number of hydrogen-bond donors (Lipinski definition) is 1. The van der Waals surface area contributed by atoms with Crippen LogP contribution in [0.3, 0.4) is 0 Å². The molecule has 0 spiro atoms. The van der Waals surface area contributed by atoms with Crippen LogP contribution in [-0.2, 0) is 0 Å². The second kappa shape index (κ2) is 5.23. The second-order valence-corrected chi connectivity index (χ2v) is 4.43. The predicted octanol–water partition coefficient (Wildman–Crippen LogP) is 3.14. The normalized spacial score (nSPS) is 10.5. The molecule has 0 aliphatic rings. The molecule has 0 aliphatic carbocycles. The maximum Gasteiger partial charge on any atom is 0.184 e. The van der Waals surface area contributed by atoms with Crippen LogP contribution in [0.25, 0.3) is 10.2 Å². The van der Waals surface area contributed by atoms with Gasteiger partial charge in [-0.2, -0.15) is 0 Å². The minimum atomic E-state index is 0.634. The van der Waals surface area contributed by atoms with E-state index in [0.717, 1.165) is 33.4 Å². The fraction of sp³-hybridized carbons (Fsp3) is 0.417. The number of nitrogens with one attached hydrogen (secondary N) is 1. The SMILES string of the molecule is CCNc1nc2c(OCC)ccc(OC)c2s1. The van der Waals surface area contributed by atoms with Crippen LogP contribution >= 0.6 is 11.3 Å². The predicted molar refractivity (Wildman–Crippen MR) is 71.5 cm³/mol. The number of thiazole rings is 1. The Morgan fingerprint density at radius 1 is 1.29 bits per heavy atom. The minimum absolute atomic E-state index is 0.634. The minimum Gasteiger partial charge on any atom is -0.495 e. The van der Waals surface area contributed by atoms with E-state index in [0.29, 0.717) is 6.61 Å². The van der Waals surface area contributed by atoms with Gasteiger partial charge < -0.3 is 14.8 Å². The summed E-state index contributed by atoms with van der Waals surface area (Å²) in [5, 5.41) is 4.11. The zero-order valence-corrected chi connectivity index (χ0v) is 11.1. The number of fused-ring (bicyclic) bond motifs is 1. The highest BCUT2D eigenvalue weighted by Crippen LogP contribution is 2.38. The molecule has 5 heteroatoms. The molecule has 0 amide bonds. The fourth-order valence-corrected chi connectivity index (χ4v) is 2.66. The van der Waals surface area contributed by atoms with Crippen molar-refractivity contribution in [2.45, 2.75) is 13.8 Å². The summed E-state index contributed by atoms with van der Waals surface area (Å²) in [6, 6.07) is 3.82. The molecule has 92 valence electrons. The molecular formula is C12H16N2O2S. The van der Waals surface area contributed by atoms with E-state index in [1.165, 1.54) is 0 Å². The summed E-state index contributed by atoms with van der Waals surface area (Å²) in [6.45, 7) is 5.50. The van der Waals surface area contributed by atoms with Crippen LogP contribution in [0.5, 0.6) is 11.5 Å². The molecule has 0 aliphatic heterocycles. The summed E-state index contributed by atoms with van der Waals surface area (Å²) >= 11 is 1.59. The summed E-state index contributed by atoms with van der Waals surface area (Å²) in [6.07, 6.45) is 0. The van der Waals surface area contributed by atoms with E-state index in [4.69, 9.17) is 9.47 Å². The van der Waals surface area contributed by atoms with Crippen LogP contribution in [0.1, 0.15) is 13.8 Å². The largest absolute Gasteiger partial charge is 0.495 e. The van der Waals surface area contributed by atoms with Gasteiger partial charge in [0.2, 0.25) is 0 Å². The Morgan fingerprint density at radius 3 is 2.71 bits per heavy atom. The van der Waals surface area contributed by atoms with Gasteiger partial charge in [0.15, 0.2) is 5.13 Å². The van der Waals surface area contributed by atoms with Crippen LogP contribution in [-0.4, -0.2) is 25.2 Å². The molecule has 1 aromatic heterocycles. The number of benzene rings is 1. The Balaban J connectivity index is 2.55. The molecule has 17 heavy (non-hydrogen) atoms. The third kappa shape index (κ3) is 2.29. The smallest absolute Gasteiger partial charge is 0.184 e. The van der Waals surface area contributed by atoms with E-state index >= 15 is 0 Å². The molecular weight excluding hydrogens is 236 g/mol. The van der Waals surface area contributed by atoms with E-state index in [9.17, 15) is 0 Å². The average molecular weight is 252 g/mol. The lowest BCUT2D eigenvalue weighted by Crippen LogP contribution is -1.95. The number of ether oxygens (including phenoxy) is 2. The molecule has 0 radical (unpaired) electrons. The number of hydrogen-bond acceptors (Lipinski definition) is 5. The summed E-state index contributed by atoms with van der Waals surface area (Å²) in [5.74, 6) is 1.65. The first-order valence-electron chi connectivity index (χ1n) is 5.64. The van der Waals surface area contributed by atoms with Crippen molar-refractivity contribution in [3.05, 3.63) is 12.1 Å². The standard InChI is InChI=1S/C12H16N2O2S/c1-4-13-12-14-10-8(16-5-2)6-7-9(15-3)11(10)17-12/h6-7H,4-5H2,1-3H3,(H,13,14). The van der Waals surface area contributed by atoms with Crippen LogP contribution in [0.15, 0.2) is 12.1 Å². The molecule has 0 bridgehead atoms. The van der Waals surface area contributed by atoms with Gasteiger partial charge in [0.1, 0.15) is 21.7 Å². The Hall–Kier alpha value is -1.49. The zero-order chi connectivity index (χ0) is 12.3. The number of aromatic nitrogens is 1. The Labute approximate surface area is 105 Å². The van der Waals surface area contributed by atoms with Crippen molar-refractivity contribution in [3.8, 4) is 11.5 Å². The highest BCUT2D eigenvalue weighted by molar-refractivity contribution is 7.22. The number of rotatable bonds is 5. The van der Waals surface area contributed by atoms with Crippen molar-refractivity contribution in [1.29, 1.82) is 0 Å². The molecule has 0 unspecified atom stereocenters. The van der Waals surface area contributed by atoms with E-state index in [1.54, 1.807) is 18.4 Å². The molecule has 0 saturated heterocycles. The lowest BCUT2D eigenvalue weighted by Gasteiger charge is -2.05. The van der Waals surface area contributed by atoms with Crippen LogP contribution in [0.4, 0.5) is 5.13 Å². The molecule has 0 atom stereocenters. The summed E-state index contributed by atoms with van der Waals surface area (Å²) in [4.78, 5) is 4.53. The van der Waals surface area contributed by atoms with Gasteiger partial charge in [-0.25, -0.2) is 4.98 Å². The molecule has 0 fully saturated rings. The molecule has 2 rings (SSSR count). The van der Waals surface area contributed by atoms with Crippen molar-refractivity contribution in [2.75, 3.05) is 25.6 Å². The molecule has 4 nitrogen and oxygen atoms in total. The molecule has 2 aromatic rings. The van der Waals surface area contributed by atoms with E-state index in [2.05, 4.69) is 10.3 Å². The van der Waals surface area contributed by atoms with Gasteiger partial charge in [0.25, 0.3) is 0 Å². The fourth-order valence-electron chi connectivity index (χ4n) is 1.62. The first kappa shape index (κ1) is 12.0. The van der Waals surface area contributed by atoms with Crippen molar-refractivity contribution < 1.29 is 9.47 Å². The quantitative estimate of drug-likeness (QED) is 0.887. The second-order valence-electron chi connectivity index (χ2n) is 3.43. The van der Waals surface area contributed by atoms with Crippen molar-refractivity contribution in [1.82, 2.24) is 4.98 Å². The van der Waals surface area contributed by atoms with Gasteiger partial charge >= 0.3 is 0 Å². The first-order chi connectivity index (χ1) is 8.30. The van der Waals surface area contributed by atoms with Gasteiger partial charge in [-0.1, -0.05) is 11.3 Å². The van der Waals surface area contributed by atoms with Crippen molar-refractivity contribution >= 4 is 26.7 Å². The number of nitrogens with zero attached hydrogens (tertiary/aromatic N) is 1. The van der Waals surface area contributed by atoms with E-state index in [1.807, 2.05) is 26.0 Å². The average Bonchev–Trinajstić information content (AvgIpc) is 2.74. The van der Waals surface area contributed by atoms with Gasteiger partial charge in [0.05, 0.1) is 13.7 Å². The topological polar surface area (TPSA) is 43.4 Å². The van der Waals surface area contributed by atoms with Gasteiger partial charge in [0, 0.05) is 6.54 Å². The molecule has 0 saturated carbocycles. The van der Waals surface area contributed by atoms with E-state index in [-0.39, 0.29) is 0 Å². The van der Waals surface area contributed by atoms with Crippen LogP contribution in [0.2, 0.25) is 0 Å². The third-order valence-corrected chi connectivity index (χ3v) is 3.35. The maximum atomic E-state index is 5.57. The highest BCUT2D eigenvalue weighted by Gasteiger charge is 2.13. The lowest BCUT2D eigenvalue weighted by atomic mass is 10.3. The zero-order valence-electron chi connectivity index (χ0n) is 10.2. The van der Waals surface area contributed by atoms with Gasteiger partial charge in [-0.05, 0) is 26.0 Å². The highest BCUT2D eigenvalue weighted by atomic mass is 32.1. The molecule has 1 aromatic carbocycles. The van der Waals surface area contributed by atoms with Crippen LogP contribution < -0.4 is 14.8 Å². The summed E-state index contributed by atoms with van der Waals surface area (Å²) in [7, 11) is 1.67. The van der Waals surface area contributed by atoms with Gasteiger partial charge in [-0.3, -0.25) is 0 Å². The van der Waals surface area contributed by atoms with Crippen molar-refractivity contribution in [2.24, 2.45) is 0 Å². The lowest BCUT2D eigenvalue weighted by molar-refractivity contribution is 0.343. The summed E-state index contributed by atoms with van der Waals surface area (Å²) in [5.41, 5.74) is 0.868. The van der Waals surface area contributed by atoms with Crippen LogP contribution in [0, 0.1) is 0 Å². The number of methoxy groups -OCH3 is 1. The maximum absolute atomic E-state index is 5.57. The Kier molecular flexibility index (Phi) is 3.68. The van der Waals surface area contributed by atoms with Crippen molar-refractivity contribution in [3.63, 3.8) is 0 Å². The van der Waals surface area contributed by atoms with E-state index < -0.39 is 0 Å². The molecule has 1 heterocycles. The van der Waals surface area contributed by atoms with Gasteiger partial charge in [-0.15, -0.1) is 0 Å². The molecule has 1 N–H and O–H groups in total. The Bertz CT molecular complexity index is 510.